The Morgan fingerprint density at radius 2 is 1.92 bits per heavy atom. The van der Waals surface area contributed by atoms with E-state index in [-0.39, 0.29) is 5.88 Å². The molecular formula is C14H13ClF2N2O4S2. The maximum atomic E-state index is 13.8. The molecule has 0 atom stereocenters. The standard InChI is InChI=1S/C14H13ClF2N2O4S2/c1-14(2,3)19-12(20)23-11-6-24-13(18-11)25(21,22)10-4-7(15)8(16)5-9(10)17/h4-6H,1-3H3,(H,19,20). The number of hydrogen-bond donors (Lipinski definition) is 1. The van der Waals surface area contributed by atoms with E-state index in [0.29, 0.717) is 23.5 Å². The van der Waals surface area contributed by atoms with Crippen LogP contribution in [0.25, 0.3) is 0 Å². The van der Waals surface area contributed by atoms with Crippen molar-refractivity contribution in [3.8, 4) is 5.88 Å². The third-order valence-corrected chi connectivity index (χ3v) is 5.92. The molecule has 1 aromatic heterocycles. The van der Waals surface area contributed by atoms with Gasteiger partial charge in [-0.1, -0.05) is 11.6 Å². The number of hydrogen-bond acceptors (Lipinski definition) is 6. The van der Waals surface area contributed by atoms with Crippen molar-refractivity contribution in [1.82, 2.24) is 10.3 Å². The third-order valence-electron chi connectivity index (χ3n) is 2.63. The second-order valence-electron chi connectivity index (χ2n) is 5.92. The van der Waals surface area contributed by atoms with Crippen LogP contribution in [0.5, 0.6) is 5.88 Å². The summed E-state index contributed by atoms with van der Waals surface area (Å²) in [7, 11) is -4.39. The average molecular weight is 411 g/mol. The van der Waals surface area contributed by atoms with Crippen molar-refractivity contribution >= 4 is 38.9 Å². The predicted molar refractivity (Wildman–Crippen MR) is 87.8 cm³/mol. The molecule has 0 saturated heterocycles. The zero-order valence-electron chi connectivity index (χ0n) is 13.3. The van der Waals surface area contributed by atoms with Crippen LogP contribution in [-0.2, 0) is 9.84 Å². The lowest BCUT2D eigenvalue weighted by Gasteiger charge is -2.19. The molecule has 0 bridgehead atoms. The quantitative estimate of drug-likeness (QED) is 0.614. The van der Waals surface area contributed by atoms with Crippen LogP contribution in [0, 0.1) is 11.6 Å². The fourth-order valence-electron chi connectivity index (χ4n) is 1.64. The molecule has 0 unspecified atom stereocenters. The fraction of sp³-hybridized carbons (Fsp3) is 0.286. The highest BCUT2D eigenvalue weighted by Crippen LogP contribution is 2.31. The SMILES string of the molecule is CC(C)(C)NC(=O)Oc1csc(S(=O)(=O)c2cc(Cl)c(F)cc2F)n1. The van der Waals surface area contributed by atoms with Crippen molar-refractivity contribution in [2.75, 3.05) is 0 Å². The lowest BCUT2D eigenvalue weighted by molar-refractivity contribution is 0.189. The molecule has 2 rings (SSSR count). The number of rotatable bonds is 3. The lowest BCUT2D eigenvalue weighted by Crippen LogP contribution is -2.42. The van der Waals surface area contributed by atoms with Crippen LogP contribution in [-0.4, -0.2) is 25.0 Å². The molecule has 2 aromatic rings. The summed E-state index contributed by atoms with van der Waals surface area (Å²) in [4.78, 5) is 14.5. The molecule has 0 radical (unpaired) electrons. The summed E-state index contributed by atoms with van der Waals surface area (Å²) in [6, 6.07) is 1.03. The van der Waals surface area contributed by atoms with Gasteiger partial charge in [0.15, 0.2) is 0 Å². The topological polar surface area (TPSA) is 85.4 Å². The fourth-order valence-corrected chi connectivity index (χ4v) is 4.23. The number of nitrogens with one attached hydrogen (secondary N) is 1. The van der Waals surface area contributed by atoms with Crippen molar-refractivity contribution in [2.45, 2.75) is 35.5 Å². The Morgan fingerprint density at radius 3 is 2.52 bits per heavy atom. The summed E-state index contributed by atoms with van der Waals surface area (Å²) in [6.45, 7) is 5.19. The number of aromatic nitrogens is 1. The first kappa shape index (κ1) is 19.5. The smallest absolute Gasteiger partial charge is 0.390 e. The van der Waals surface area contributed by atoms with E-state index in [1.165, 1.54) is 5.38 Å². The van der Waals surface area contributed by atoms with Gasteiger partial charge in [-0.25, -0.2) is 22.0 Å². The number of carbonyl (C=O) groups excluding carboxylic acids is 1. The molecule has 0 aliphatic carbocycles. The van der Waals surface area contributed by atoms with E-state index in [4.69, 9.17) is 16.3 Å². The lowest BCUT2D eigenvalue weighted by atomic mass is 10.1. The number of amides is 1. The van der Waals surface area contributed by atoms with E-state index in [9.17, 15) is 22.0 Å². The second-order valence-corrected chi connectivity index (χ2v) is 9.27. The summed E-state index contributed by atoms with van der Waals surface area (Å²) in [5.74, 6) is -2.65. The molecular weight excluding hydrogens is 398 g/mol. The molecule has 6 nitrogen and oxygen atoms in total. The second kappa shape index (κ2) is 6.85. The number of carbonyl (C=O) groups is 1. The Morgan fingerprint density at radius 1 is 1.28 bits per heavy atom. The minimum absolute atomic E-state index is 0.265. The summed E-state index contributed by atoms with van der Waals surface area (Å²) >= 11 is 6.14. The highest BCUT2D eigenvalue weighted by atomic mass is 35.5. The Hall–Kier alpha value is -1.78. The highest BCUT2D eigenvalue weighted by Gasteiger charge is 2.28. The largest absolute Gasteiger partial charge is 0.414 e. The van der Waals surface area contributed by atoms with E-state index in [2.05, 4.69) is 10.3 Å². The summed E-state index contributed by atoms with van der Waals surface area (Å²) < 4.78 is 56.2. The van der Waals surface area contributed by atoms with E-state index < -0.39 is 47.4 Å². The van der Waals surface area contributed by atoms with Crippen LogP contribution < -0.4 is 10.1 Å². The van der Waals surface area contributed by atoms with Gasteiger partial charge in [0.2, 0.25) is 20.1 Å². The number of nitrogens with zero attached hydrogens (tertiary/aromatic N) is 1. The minimum atomic E-state index is -4.39. The molecule has 1 heterocycles. The zero-order valence-corrected chi connectivity index (χ0v) is 15.7. The Kier molecular flexibility index (Phi) is 5.35. The van der Waals surface area contributed by atoms with Gasteiger partial charge in [-0.15, -0.1) is 11.3 Å². The Bertz CT molecular complexity index is 923. The number of ether oxygens (including phenoxy) is 1. The van der Waals surface area contributed by atoms with Crippen molar-refractivity contribution in [2.24, 2.45) is 0 Å². The molecule has 0 fully saturated rings. The molecule has 0 saturated carbocycles. The Balaban J connectivity index is 2.30. The molecule has 1 N–H and O–H groups in total. The van der Waals surface area contributed by atoms with Gasteiger partial charge < -0.3 is 10.1 Å². The maximum absolute atomic E-state index is 13.8. The molecule has 0 aliphatic rings. The first-order chi connectivity index (χ1) is 11.4. The van der Waals surface area contributed by atoms with Crippen molar-refractivity contribution in [3.63, 3.8) is 0 Å². The zero-order chi connectivity index (χ0) is 19.0. The van der Waals surface area contributed by atoms with Crippen LogP contribution >= 0.6 is 22.9 Å². The van der Waals surface area contributed by atoms with Gasteiger partial charge in [0, 0.05) is 11.6 Å². The average Bonchev–Trinajstić information content (AvgIpc) is 2.89. The van der Waals surface area contributed by atoms with E-state index in [0.717, 1.165) is 0 Å². The first-order valence-corrected chi connectivity index (χ1v) is 9.49. The number of benzene rings is 1. The number of thiazole rings is 1. The van der Waals surface area contributed by atoms with E-state index in [1.54, 1.807) is 20.8 Å². The van der Waals surface area contributed by atoms with Crippen LogP contribution in [0.2, 0.25) is 5.02 Å². The van der Waals surface area contributed by atoms with Gasteiger partial charge in [-0.2, -0.15) is 4.98 Å². The maximum Gasteiger partial charge on any atom is 0.414 e. The minimum Gasteiger partial charge on any atom is -0.390 e. The van der Waals surface area contributed by atoms with Crippen LogP contribution in [0.4, 0.5) is 13.6 Å². The summed E-state index contributed by atoms with van der Waals surface area (Å²) in [6.07, 6.45) is -0.822. The normalized spacial score (nSPS) is 12.1. The van der Waals surface area contributed by atoms with Crippen molar-refractivity contribution < 1.29 is 26.7 Å². The molecule has 1 amide bonds. The Labute approximate surface area is 151 Å². The molecule has 0 spiro atoms. The predicted octanol–water partition coefficient (Wildman–Crippen LogP) is 3.79. The highest BCUT2D eigenvalue weighted by molar-refractivity contribution is 7.93. The molecule has 0 aliphatic heterocycles. The summed E-state index contributed by atoms with van der Waals surface area (Å²) in [5, 5.41) is 3.14. The van der Waals surface area contributed by atoms with Crippen molar-refractivity contribution in [1.29, 1.82) is 0 Å². The van der Waals surface area contributed by atoms with Gasteiger partial charge in [0.05, 0.1) is 10.4 Å². The van der Waals surface area contributed by atoms with Crippen LogP contribution in [0.15, 0.2) is 26.7 Å². The molecule has 25 heavy (non-hydrogen) atoms. The van der Waals surface area contributed by atoms with Gasteiger partial charge in [0.1, 0.15) is 16.5 Å². The first-order valence-electron chi connectivity index (χ1n) is 6.75. The van der Waals surface area contributed by atoms with Crippen LogP contribution in [0.1, 0.15) is 20.8 Å². The molecule has 1 aromatic carbocycles. The number of halogens is 3. The molecule has 11 heteroatoms. The van der Waals surface area contributed by atoms with Gasteiger partial charge in [0.25, 0.3) is 0 Å². The van der Waals surface area contributed by atoms with Gasteiger partial charge in [-0.3, -0.25) is 0 Å². The van der Waals surface area contributed by atoms with E-state index in [1.807, 2.05) is 0 Å². The molecule has 136 valence electrons. The van der Waals surface area contributed by atoms with Gasteiger partial charge in [-0.05, 0) is 26.8 Å². The van der Waals surface area contributed by atoms with Crippen molar-refractivity contribution in [3.05, 3.63) is 34.2 Å². The van der Waals surface area contributed by atoms with E-state index >= 15 is 0 Å². The van der Waals surface area contributed by atoms with Gasteiger partial charge >= 0.3 is 6.09 Å². The summed E-state index contributed by atoms with van der Waals surface area (Å²) in [5.41, 5.74) is -0.560. The van der Waals surface area contributed by atoms with Crippen LogP contribution in [0.3, 0.4) is 0 Å². The number of sulfone groups is 1. The third kappa shape index (κ3) is 4.65. The monoisotopic (exact) mass is 410 g/mol.